The Morgan fingerprint density at radius 1 is 1.55 bits per heavy atom. The van der Waals surface area contributed by atoms with Gasteiger partial charge in [-0.1, -0.05) is 6.07 Å². The number of phenols is 1. The van der Waals surface area contributed by atoms with Crippen molar-refractivity contribution < 1.29 is 9.90 Å². The number of aryl methyl sites for hydroxylation is 1. The number of fused-ring (bicyclic) bond motifs is 1. The minimum absolute atomic E-state index is 0.111. The third-order valence-corrected chi connectivity index (χ3v) is 4.12. The van der Waals surface area contributed by atoms with Crippen LogP contribution in [0.5, 0.6) is 5.75 Å². The summed E-state index contributed by atoms with van der Waals surface area (Å²) in [4.78, 5) is 13.9. The van der Waals surface area contributed by atoms with E-state index in [0.29, 0.717) is 12.3 Å². The van der Waals surface area contributed by atoms with E-state index in [9.17, 15) is 9.90 Å². The summed E-state index contributed by atoms with van der Waals surface area (Å²) in [6.07, 6.45) is 3.16. The molecule has 0 saturated carbocycles. The van der Waals surface area contributed by atoms with Crippen LogP contribution in [0.25, 0.3) is 0 Å². The van der Waals surface area contributed by atoms with Crippen molar-refractivity contribution in [1.29, 1.82) is 0 Å². The van der Waals surface area contributed by atoms with Crippen LogP contribution in [0.3, 0.4) is 0 Å². The van der Waals surface area contributed by atoms with Crippen molar-refractivity contribution in [3.8, 4) is 5.75 Å². The van der Waals surface area contributed by atoms with Crippen LogP contribution in [0, 0.1) is 0 Å². The first-order valence-corrected chi connectivity index (χ1v) is 7.35. The molecule has 2 atom stereocenters. The summed E-state index contributed by atoms with van der Waals surface area (Å²) in [5.74, 6) is 0.405. The zero-order valence-electron chi connectivity index (χ0n) is 12.5. The molecular weight excluding hydrogens is 252 g/mol. The van der Waals surface area contributed by atoms with Crippen LogP contribution in [-0.2, 0) is 11.2 Å². The molecule has 110 valence electrons. The fourth-order valence-corrected chi connectivity index (χ4v) is 2.82. The molecule has 1 aromatic carbocycles. The summed E-state index contributed by atoms with van der Waals surface area (Å²) in [6, 6.07) is 5.49. The normalized spacial score (nSPS) is 19.2. The Morgan fingerprint density at radius 3 is 3.00 bits per heavy atom. The van der Waals surface area contributed by atoms with Gasteiger partial charge in [0.15, 0.2) is 0 Å². The highest BCUT2D eigenvalue weighted by atomic mass is 16.3. The molecule has 2 rings (SSSR count). The maximum Gasteiger partial charge on any atom is 0.239 e. The Hall–Kier alpha value is -1.55. The van der Waals surface area contributed by atoms with E-state index in [1.165, 1.54) is 5.56 Å². The van der Waals surface area contributed by atoms with E-state index in [1.54, 1.807) is 11.0 Å². The Labute approximate surface area is 120 Å². The number of rotatable bonds is 4. The quantitative estimate of drug-likeness (QED) is 0.886. The molecule has 0 fully saturated rings. The molecule has 2 unspecified atom stereocenters. The monoisotopic (exact) mass is 276 g/mol. The van der Waals surface area contributed by atoms with E-state index in [1.807, 2.05) is 33.0 Å². The van der Waals surface area contributed by atoms with Gasteiger partial charge in [-0.3, -0.25) is 10.1 Å². The number of amides is 1. The van der Waals surface area contributed by atoms with Crippen LogP contribution < -0.4 is 5.32 Å². The van der Waals surface area contributed by atoms with Gasteiger partial charge in [-0.2, -0.15) is 0 Å². The van der Waals surface area contributed by atoms with E-state index in [2.05, 4.69) is 5.32 Å². The SMILES string of the molecule is CCN(C)C(=O)C(C)NC1CCCc2ccc(O)cc21. The van der Waals surface area contributed by atoms with Crippen molar-refractivity contribution in [2.75, 3.05) is 13.6 Å². The lowest BCUT2D eigenvalue weighted by Gasteiger charge is -2.30. The molecule has 0 aromatic heterocycles. The third kappa shape index (κ3) is 3.12. The number of nitrogens with one attached hydrogen (secondary N) is 1. The van der Waals surface area contributed by atoms with Crippen molar-refractivity contribution in [2.24, 2.45) is 0 Å². The Morgan fingerprint density at radius 2 is 2.30 bits per heavy atom. The number of hydrogen-bond donors (Lipinski definition) is 2. The van der Waals surface area contributed by atoms with Gasteiger partial charge in [0.1, 0.15) is 5.75 Å². The average molecular weight is 276 g/mol. The number of phenolic OH excluding ortho intramolecular Hbond substituents is 1. The summed E-state index contributed by atoms with van der Waals surface area (Å²) >= 11 is 0. The first-order chi connectivity index (χ1) is 9.52. The maximum absolute atomic E-state index is 12.1. The molecule has 4 nitrogen and oxygen atoms in total. The predicted molar refractivity (Wildman–Crippen MR) is 79.7 cm³/mol. The maximum atomic E-state index is 12.1. The number of nitrogens with zero attached hydrogens (tertiary/aromatic N) is 1. The predicted octanol–water partition coefficient (Wildman–Crippen LogP) is 2.23. The lowest BCUT2D eigenvalue weighted by Crippen LogP contribution is -2.45. The Bertz CT molecular complexity index is 487. The molecule has 1 aliphatic carbocycles. The second-order valence-corrected chi connectivity index (χ2v) is 5.57. The van der Waals surface area contributed by atoms with Crippen LogP contribution in [0.1, 0.15) is 43.9 Å². The molecule has 0 heterocycles. The van der Waals surface area contributed by atoms with Crippen molar-refractivity contribution in [1.82, 2.24) is 10.2 Å². The first-order valence-electron chi connectivity index (χ1n) is 7.35. The van der Waals surface area contributed by atoms with E-state index < -0.39 is 0 Å². The molecule has 1 aromatic rings. The van der Waals surface area contributed by atoms with Gasteiger partial charge < -0.3 is 10.0 Å². The molecular formula is C16H24N2O2. The minimum atomic E-state index is -0.210. The van der Waals surface area contributed by atoms with Crippen LogP contribution >= 0.6 is 0 Å². The molecule has 0 saturated heterocycles. The minimum Gasteiger partial charge on any atom is -0.508 e. The van der Waals surface area contributed by atoms with Crippen molar-refractivity contribution in [3.63, 3.8) is 0 Å². The highest BCUT2D eigenvalue weighted by molar-refractivity contribution is 5.81. The first kappa shape index (κ1) is 14.9. The largest absolute Gasteiger partial charge is 0.508 e. The standard InChI is InChI=1S/C16H24N2O2/c1-4-18(3)16(20)11(2)17-15-7-5-6-12-8-9-13(19)10-14(12)15/h8-11,15,17,19H,4-7H2,1-3H3. The van der Waals surface area contributed by atoms with Gasteiger partial charge in [0.25, 0.3) is 0 Å². The van der Waals surface area contributed by atoms with Crippen LogP contribution in [0.15, 0.2) is 18.2 Å². The van der Waals surface area contributed by atoms with Gasteiger partial charge in [-0.05, 0) is 56.4 Å². The second-order valence-electron chi connectivity index (χ2n) is 5.57. The average Bonchev–Trinajstić information content (AvgIpc) is 2.46. The Balaban J connectivity index is 2.12. The van der Waals surface area contributed by atoms with E-state index in [-0.39, 0.29) is 18.0 Å². The van der Waals surface area contributed by atoms with E-state index in [0.717, 1.165) is 24.8 Å². The topological polar surface area (TPSA) is 52.6 Å². The van der Waals surface area contributed by atoms with Crippen LogP contribution in [0.4, 0.5) is 0 Å². The second kappa shape index (κ2) is 6.27. The summed E-state index contributed by atoms with van der Waals surface area (Å²) in [5.41, 5.74) is 2.41. The number of hydrogen-bond acceptors (Lipinski definition) is 3. The van der Waals surface area contributed by atoms with E-state index in [4.69, 9.17) is 0 Å². The van der Waals surface area contributed by atoms with Gasteiger partial charge in [0, 0.05) is 19.6 Å². The number of likely N-dealkylation sites (N-methyl/N-ethyl adjacent to an activating group) is 1. The molecule has 0 radical (unpaired) electrons. The molecule has 20 heavy (non-hydrogen) atoms. The molecule has 1 amide bonds. The number of aromatic hydroxyl groups is 1. The van der Waals surface area contributed by atoms with Gasteiger partial charge >= 0.3 is 0 Å². The lowest BCUT2D eigenvalue weighted by atomic mass is 9.87. The zero-order valence-corrected chi connectivity index (χ0v) is 12.5. The van der Waals surface area contributed by atoms with Crippen LogP contribution in [-0.4, -0.2) is 35.5 Å². The molecule has 0 bridgehead atoms. The van der Waals surface area contributed by atoms with Gasteiger partial charge in [0.05, 0.1) is 6.04 Å². The van der Waals surface area contributed by atoms with Gasteiger partial charge in [0.2, 0.25) is 5.91 Å². The zero-order chi connectivity index (χ0) is 14.7. The summed E-state index contributed by atoms with van der Waals surface area (Å²) in [7, 11) is 1.82. The molecule has 0 aliphatic heterocycles. The van der Waals surface area contributed by atoms with Crippen molar-refractivity contribution >= 4 is 5.91 Å². The smallest absolute Gasteiger partial charge is 0.239 e. The molecule has 0 spiro atoms. The lowest BCUT2D eigenvalue weighted by molar-refractivity contribution is -0.131. The van der Waals surface area contributed by atoms with Crippen LogP contribution in [0.2, 0.25) is 0 Å². The fourth-order valence-electron chi connectivity index (χ4n) is 2.82. The molecule has 1 aliphatic rings. The Kier molecular flexibility index (Phi) is 4.65. The molecule has 4 heteroatoms. The number of carbonyl (C=O) groups is 1. The van der Waals surface area contributed by atoms with Crippen molar-refractivity contribution in [2.45, 2.75) is 45.2 Å². The number of carbonyl (C=O) groups excluding carboxylic acids is 1. The van der Waals surface area contributed by atoms with E-state index >= 15 is 0 Å². The highest BCUT2D eigenvalue weighted by Crippen LogP contribution is 2.32. The summed E-state index contributed by atoms with van der Waals surface area (Å²) < 4.78 is 0. The summed E-state index contributed by atoms with van der Waals surface area (Å²) in [6.45, 7) is 4.59. The highest BCUT2D eigenvalue weighted by Gasteiger charge is 2.25. The van der Waals surface area contributed by atoms with Crippen molar-refractivity contribution in [3.05, 3.63) is 29.3 Å². The fraction of sp³-hybridized carbons (Fsp3) is 0.562. The summed E-state index contributed by atoms with van der Waals surface area (Å²) in [5, 5.41) is 13.1. The van der Waals surface area contributed by atoms with Gasteiger partial charge in [-0.25, -0.2) is 0 Å². The van der Waals surface area contributed by atoms with Gasteiger partial charge in [-0.15, -0.1) is 0 Å². The number of benzene rings is 1. The molecule has 2 N–H and O–H groups in total. The third-order valence-electron chi connectivity index (χ3n) is 4.12.